The average Bonchev–Trinajstić information content (AvgIpc) is 3.05. The SMILES string of the molecule is CC(C)C[C@H](NC(=O)c1ccc(OCc2cscn2)cc1)C(=O)O. The van der Waals surface area contributed by atoms with Crippen LogP contribution in [0.25, 0.3) is 0 Å². The second-order valence-corrected chi connectivity index (χ2v) is 6.51. The van der Waals surface area contributed by atoms with E-state index in [9.17, 15) is 14.7 Å². The monoisotopic (exact) mass is 348 g/mol. The standard InChI is InChI=1S/C17H20N2O4S/c1-11(2)7-15(17(21)22)19-16(20)12-3-5-14(6-4-12)23-8-13-9-24-10-18-13/h3-6,9-11,15H,7-8H2,1-2H3,(H,19,20)(H,21,22)/t15-/m0/s1. The first-order valence-electron chi connectivity index (χ1n) is 7.59. The molecule has 2 aromatic rings. The van der Waals surface area contributed by atoms with Crippen molar-refractivity contribution in [2.75, 3.05) is 0 Å². The Morgan fingerprint density at radius 1 is 1.29 bits per heavy atom. The predicted molar refractivity (Wildman–Crippen MR) is 91.2 cm³/mol. The fourth-order valence-corrected chi connectivity index (χ4v) is 2.65. The molecular formula is C17H20N2O4S. The van der Waals surface area contributed by atoms with Crippen molar-refractivity contribution in [3.8, 4) is 5.75 Å². The highest BCUT2D eigenvalue weighted by atomic mass is 32.1. The second kappa shape index (κ2) is 8.44. The smallest absolute Gasteiger partial charge is 0.326 e. The number of nitrogens with zero attached hydrogens (tertiary/aromatic N) is 1. The molecule has 0 spiro atoms. The molecule has 0 aliphatic carbocycles. The number of hydrogen-bond donors (Lipinski definition) is 2. The van der Waals surface area contributed by atoms with Crippen molar-refractivity contribution >= 4 is 23.2 Å². The molecule has 128 valence electrons. The van der Waals surface area contributed by atoms with Crippen molar-refractivity contribution in [1.29, 1.82) is 0 Å². The number of carbonyl (C=O) groups is 2. The highest BCUT2D eigenvalue weighted by molar-refractivity contribution is 7.07. The lowest BCUT2D eigenvalue weighted by Crippen LogP contribution is -2.41. The van der Waals surface area contributed by atoms with Gasteiger partial charge in [0, 0.05) is 10.9 Å². The lowest BCUT2D eigenvalue weighted by Gasteiger charge is -2.16. The third-order valence-electron chi connectivity index (χ3n) is 3.30. The van der Waals surface area contributed by atoms with E-state index in [2.05, 4.69) is 10.3 Å². The fourth-order valence-electron chi connectivity index (χ4n) is 2.10. The van der Waals surface area contributed by atoms with Crippen LogP contribution in [0.2, 0.25) is 0 Å². The number of hydrogen-bond acceptors (Lipinski definition) is 5. The minimum Gasteiger partial charge on any atom is -0.487 e. The molecule has 0 aliphatic rings. The summed E-state index contributed by atoms with van der Waals surface area (Å²) in [7, 11) is 0. The largest absolute Gasteiger partial charge is 0.487 e. The summed E-state index contributed by atoms with van der Waals surface area (Å²) in [6.45, 7) is 4.19. The normalized spacial score (nSPS) is 12.0. The summed E-state index contributed by atoms with van der Waals surface area (Å²) in [5.74, 6) is -0.640. The van der Waals surface area contributed by atoms with Crippen LogP contribution < -0.4 is 10.1 Å². The molecule has 0 fully saturated rings. The Balaban J connectivity index is 1.93. The number of carboxylic acid groups (broad SMARTS) is 1. The number of carbonyl (C=O) groups excluding carboxylic acids is 1. The molecule has 2 N–H and O–H groups in total. The van der Waals surface area contributed by atoms with E-state index in [1.54, 1.807) is 29.8 Å². The van der Waals surface area contributed by atoms with Gasteiger partial charge in [-0.25, -0.2) is 9.78 Å². The third kappa shape index (κ3) is 5.34. The number of benzene rings is 1. The zero-order valence-electron chi connectivity index (χ0n) is 13.6. The van der Waals surface area contributed by atoms with E-state index in [1.165, 1.54) is 11.3 Å². The van der Waals surface area contributed by atoms with E-state index < -0.39 is 17.9 Å². The number of ether oxygens (including phenoxy) is 1. The van der Waals surface area contributed by atoms with Crippen LogP contribution in [0.3, 0.4) is 0 Å². The quantitative estimate of drug-likeness (QED) is 0.766. The maximum absolute atomic E-state index is 12.2. The van der Waals surface area contributed by atoms with E-state index in [1.807, 2.05) is 19.2 Å². The molecule has 0 bridgehead atoms. The Morgan fingerprint density at radius 2 is 2.00 bits per heavy atom. The Kier molecular flexibility index (Phi) is 6.31. The Bertz CT molecular complexity index is 668. The fraction of sp³-hybridized carbons (Fsp3) is 0.353. The van der Waals surface area contributed by atoms with Crippen molar-refractivity contribution in [2.24, 2.45) is 5.92 Å². The summed E-state index contributed by atoms with van der Waals surface area (Å²) in [4.78, 5) is 27.5. The molecule has 1 atom stereocenters. The molecule has 1 aromatic heterocycles. The molecule has 0 saturated heterocycles. The molecule has 0 radical (unpaired) electrons. The van der Waals surface area contributed by atoms with Crippen LogP contribution in [0.5, 0.6) is 5.75 Å². The summed E-state index contributed by atoms with van der Waals surface area (Å²) in [5.41, 5.74) is 2.98. The summed E-state index contributed by atoms with van der Waals surface area (Å²) in [6.07, 6.45) is 0.385. The molecule has 0 unspecified atom stereocenters. The Hall–Kier alpha value is -2.41. The molecule has 1 aromatic carbocycles. The lowest BCUT2D eigenvalue weighted by molar-refractivity contribution is -0.139. The van der Waals surface area contributed by atoms with Crippen molar-refractivity contribution in [1.82, 2.24) is 10.3 Å². The van der Waals surface area contributed by atoms with Crippen LogP contribution in [-0.2, 0) is 11.4 Å². The van der Waals surface area contributed by atoms with E-state index in [-0.39, 0.29) is 5.92 Å². The molecule has 2 rings (SSSR count). The van der Waals surface area contributed by atoms with E-state index in [4.69, 9.17) is 4.74 Å². The molecule has 7 heteroatoms. The van der Waals surface area contributed by atoms with Crippen LogP contribution in [0.1, 0.15) is 36.3 Å². The molecule has 6 nitrogen and oxygen atoms in total. The van der Waals surface area contributed by atoms with Crippen molar-refractivity contribution in [2.45, 2.75) is 32.9 Å². The highest BCUT2D eigenvalue weighted by Gasteiger charge is 2.21. The summed E-state index contributed by atoms with van der Waals surface area (Å²) < 4.78 is 5.58. The van der Waals surface area contributed by atoms with Gasteiger partial charge in [-0.2, -0.15) is 0 Å². The molecule has 1 amide bonds. The van der Waals surface area contributed by atoms with Gasteiger partial charge < -0.3 is 15.2 Å². The van der Waals surface area contributed by atoms with E-state index in [0.717, 1.165) is 5.69 Å². The zero-order chi connectivity index (χ0) is 17.5. The van der Waals surface area contributed by atoms with Gasteiger partial charge in [0.2, 0.25) is 0 Å². The van der Waals surface area contributed by atoms with Crippen LogP contribution in [0, 0.1) is 5.92 Å². The zero-order valence-corrected chi connectivity index (χ0v) is 14.4. The van der Waals surface area contributed by atoms with Crippen molar-refractivity contribution in [3.05, 3.63) is 46.4 Å². The lowest BCUT2D eigenvalue weighted by atomic mass is 10.0. The van der Waals surface area contributed by atoms with Gasteiger partial charge in [-0.15, -0.1) is 11.3 Å². The van der Waals surface area contributed by atoms with Crippen LogP contribution in [0.4, 0.5) is 0 Å². The van der Waals surface area contributed by atoms with Gasteiger partial charge in [-0.05, 0) is 36.6 Å². The number of nitrogens with one attached hydrogen (secondary N) is 1. The van der Waals surface area contributed by atoms with Gasteiger partial charge in [-0.1, -0.05) is 13.8 Å². The minimum atomic E-state index is -1.03. The molecule has 1 heterocycles. The van der Waals surface area contributed by atoms with Crippen LogP contribution in [-0.4, -0.2) is 28.0 Å². The van der Waals surface area contributed by atoms with Gasteiger partial charge in [0.25, 0.3) is 5.91 Å². The average molecular weight is 348 g/mol. The van der Waals surface area contributed by atoms with Gasteiger partial charge in [0.1, 0.15) is 18.4 Å². The van der Waals surface area contributed by atoms with Gasteiger partial charge in [-0.3, -0.25) is 4.79 Å². The Morgan fingerprint density at radius 3 is 2.54 bits per heavy atom. The topological polar surface area (TPSA) is 88.5 Å². The van der Waals surface area contributed by atoms with Crippen molar-refractivity contribution in [3.63, 3.8) is 0 Å². The van der Waals surface area contributed by atoms with Gasteiger partial charge in [0.15, 0.2) is 0 Å². The van der Waals surface area contributed by atoms with Crippen molar-refractivity contribution < 1.29 is 19.4 Å². The maximum atomic E-state index is 12.2. The Labute approximate surface area is 144 Å². The number of carboxylic acids is 1. The molecular weight excluding hydrogens is 328 g/mol. The number of aromatic nitrogens is 1. The van der Waals surface area contributed by atoms with Crippen LogP contribution in [0.15, 0.2) is 35.2 Å². The van der Waals surface area contributed by atoms with E-state index >= 15 is 0 Å². The van der Waals surface area contributed by atoms with E-state index in [0.29, 0.717) is 24.3 Å². The molecule has 0 saturated carbocycles. The first kappa shape index (κ1) is 17.9. The molecule has 0 aliphatic heterocycles. The van der Waals surface area contributed by atoms with Crippen LogP contribution >= 0.6 is 11.3 Å². The van der Waals surface area contributed by atoms with Gasteiger partial charge in [0.05, 0.1) is 11.2 Å². The molecule has 24 heavy (non-hydrogen) atoms. The maximum Gasteiger partial charge on any atom is 0.326 e. The minimum absolute atomic E-state index is 0.174. The number of amides is 1. The summed E-state index contributed by atoms with van der Waals surface area (Å²) in [5, 5.41) is 13.6. The summed E-state index contributed by atoms with van der Waals surface area (Å²) in [6, 6.07) is 5.69. The second-order valence-electron chi connectivity index (χ2n) is 5.79. The number of rotatable bonds is 8. The number of aliphatic carboxylic acids is 1. The first-order valence-corrected chi connectivity index (χ1v) is 8.53. The number of thiazole rings is 1. The first-order chi connectivity index (χ1) is 11.5. The summed E-state index contributed by atoms with van der Waals surface area (Å²) >= 11 is 1.50. The highest BCUT2D eigenvalue weighted by Crippen LogP contribution is 2.15. The third-order valence-corrected chi connectivity index (χ3v) is 3.93. The predicted octanol–water partition coefficient (Wildman–Crippen LogP) is 2.95. The van der Waals surface area contributed by atoms with Gasteiger partial charge >= 0.3 is 5.97 Å².